The third-order valence-corrected chi connectivity index (χ3v) is 3.72. The number of phenols is 1. The Hall–Kier alpha value is -1.94. The van der Waals surface area contributed by atoms with Crippen molar-refractivity contribution in [3.05, 3.63) is 46.7 Å². The third kappa shape index (κ3) is 3.45. The van der Waals surface area contributed by atoms with E-state index in [1.54, 1.807) is 18.2 Å². The fraction of sp³-hybridized carbons (Fsp3) is 0.294. The lowest BCUT2D eigenvalue weighted by atomic mass is 9.98. The number of phenolic OH excluding ortho intramolecular Hbond substituents is 1. The maximum atomic E-state index is 14.2. The summed E-state index contributed by atoms with van der Waals surface area (Å²) >= 11 is 6.12. The van der Waals surface area contributed by atoms with Crippen LogP contribution in [-0.2, 0) is 6.42 Å². The number of hydrogen-bond acceptors (Lipinski definition) is 3. The zero-order chi connectivity index (χ0) is 16.1. The molecule has 2 aromatic carbocycles. The van der Waals surface area contributed by atoms with Crippen LogP contribution in [0.3, 0.4) is 0 Å². The van der Waals surface area contributed by atoms with Crippen LogP contribution in [0.15, 0.2) is 40.6 Å². The summed E-state index contributed by atoms with van der Waals surface area (Å²) in [5.41, 5.74) is 1.83. The zero-order valence-corrected chi connectivity index (χ0v) is 13.4. The quantitative estimate of drug-likeness (QED) is 0.684. The van der Waals surface area contributed by atoms with Gasteiger partial charge in [0.1, 0.15) is 11.5 Å². The molecule has 0 heterocycles. The van der Waals surface area contributed by atoms with Crippen molar-refractivity contribution in [2.75, 3.05) is 7.05 Å². The first-order valence-electron chi connectivity index (χ1n) is 7.18. The molecule has 0 saturated heterocycles. The minimum atomic E-state index is -0.477. The highest BCUT2D eigenvalue weighted by atomic mass is 35.5. The molecule has 0 bridgehead atoms. The molecule has 22 heavy (non-hydrogen) atoms. The molecule has 3 nitrogen and oxygen atoms in total. The number of hydrogen-bond donors (Lipinski definition) is 1. The summed E-state index contributed by atoms with van der Waals surface area (Å²) in [6.45, 7) is 2.10. The highest BCUT2D eigenvalue weighted by molar-refractivity contribution is 6.33. The number of nitrogens with zero attached hydrogens (tertiary/aromatic N) is 2. The molecule has 0 fully saturated rings. The monoisotopic (exact) mass is 320 g/mol. The molecule has 0 radical (unpaired) electrons. The van der Waals surface area contributed by atoms with Crippen molar-refractivity contribution in [3.8, 4) is 16.9 Å². The van der Waals surface area contributed by atoms with E-state index in [9.17, 15) is 9.50 Å². The summed E-state index contributed by atoms with van der Waals surface area (Å²) in [6, 6.07) is 7.99. The van der Waals surface area contributed by atoms with Gasteiger partial charge in [-0.2, -0.15) is 10.2 Å². The molecular formula is C17H18ClFN2O. The Morgan fingerprint density at radius 1 is 1.27 bits per heavy atom. The van der Waals surface area contributed by atoms with E-state index in [1.165, 1.54) is 19.2 Å². The van der Waals surface area contributed by atoms with Gasteiger partial charge in [0.25, 0.3) is 0 Å². The van der Waals surface area contributed by atoms with Gasteiger partial charge in [0.15, 0.2) is 5.75 Å². The second-order valence-electron chi connectivity index (χ2n) is 5.01. The van der Waals surface area contributed by atoms with Crippen LogP contribution in [0.25, 0.3) is 11.1 Å². The standard InChI is InChI=1S/C17H18ClFN2O/c1-3-4-6-11-9-12(17(22)15(10-11)21-20-2)16-13(18)7-5-8-14(16)19/h5,7-10,22H,3-4,6H2,1-2H3/b21-20+. The van der Waals surface area contributed by atoms with Gasteiger partial charge < -0.3 is 5.11 Å². The van der Waals surface area contributed by atoms with Crippen molar-refractivity contribution in [1.82, 2.24) is 0 Å². The molecule has 0 atom stereocenters. The summed E-state index contributed by atoms with van der Waals surface area (Å²) < 4.78 is 14.2. The van der Waals surface area contributed by atoms with Crippen LogP contribution in [0, 0.1) is 5.82 Å². The van der Waals surface area contributed by atoms with Crippen LogP contribution < -0.4 is 0 Å². The summed E-state index contributed by atoms with van der Waals surface area (Å²) in [6.07, 6.45) is 2.86. The Kier molecular flexibility index (Phi) is 5.50. The second-order valence-corrected chi connectivity index (χ2v) is 5.42. The van der Waals surface area contributed by atoms with Crippen molar-refractivity contribution in [2.24, 2.45) is 10.2 Å². The fourth-order valence-electron chi connectivity index (χ4n) is 2.33. The molecule has 0 saturated carbocycles. The molecule has 1 N–H and O–H groups in total. The molecule has 0 aliphatic carbocycles. The summed E-state index contributed by atoms with van der Waals surface area (Å²) in [5.74, 6) is -0.590. The van der Waals surface area contributed by atoms with Crippen LogP contribution in [0.2, 0.25) is 5.02 Å². The van der Waals surface area contributed by atoms with Gasteiger partial charge in [-0.15, -0.1) is 0 Å². The molecule has 0 unspecified atom stereocenters. The van der Waals surface area contributed by atoms with Crippen LogP contribution in [0.4, 0.5) is 10.1 Å². The molecule has 5 heteroatoms. The van der Waals surface area contributed by atoms with Crippen molar-refractivity contribution >= 4 is 17.3 Å². The Morgan fingerprint density at radius 2 is 2.05 bits per heavy atom. The van der Waals surface area contributed by atoms with E-state index in [-0.39, 0.29) is 16.3 Å². The molecule has 0 aliphatic heterocycles. The fourth-order valence-corrected chi connectivity index (χ4v) is 2.60. The Labute approximate surface area is 134 Å². The van der Waals surface area contributed by atoms with Gasteiger partial charge in [-0.25, -0.2) is 4.39 Å². The molecule has 2 aromatic rings. The maximum absolute atomic E-state index is 14.2. The lowest BCUT2D eigenvalue weighted by Gasteiger charge is -2.12. The number of aromatic hydroxyl groups is 1. The van der Waals surface area contributed by atoms with Crippen molar-refractivity contribution in [2.45, 2.75) is 26.2 Å². The molecule has 2 rings (SSSR count). The lowest BCUT2D eigenvalue weighted by Crippen LogP contribution is -1.91. The molecule has 0 aliphatic rings. The molecular weight excluding hydrogens is 303 g/mol. The van der Waals surface area contributed by atoms with Gasteiger partial charge in [0, 0.05) is 18.2 Å². The van der Waals surface area contributed by atoms with Crippen molar-refractivity contribution in [3.63, 3.8) is 0 Å². The maximum Gasteiger partial charge on any atom is 0.151 e. The lowest BCUT2D eigenvalue weighted by molar-refractivity contribution is 0.477. The second kappa shape index (κ2) is 7.36. The third-order valence-electron chi connectivity index (χ3n) is 3.41. The topological polar surface area (TPSA) is 45.0 Å². The molecule has 0 aromatic heterocycles. The van der Waals surface area contributed by atoms with Gasteiger partial charge in [-0.3, -0.25) is 0 Å². The molecule has 116 valence electrons. The van der Waals surface area contributed by atoms with Gasteiger partial charge in [-0.05, 0) is 42.7 Å². The Balaban J connectivity index is 2.65. The number of azo groups is 1. The van der Waals surface area contributed by atoms with E-state index < -0.39 is 5.82 Å². The summed E-state index contributed by atoms with van der Waals surface area (Å²) in [4.78, 5) is 0. The van der Waals surface area contributed by atoms with Gasteiger partial charge >= 0.3 is 0 Å². The zero-order valence-electron chi connectivity index (χ0n) is 12.6. The Morgan fingerprint density at radius 3 is 2.68 bits per heavy atom. The van der Waals surface area contributed by atoms with Crippen LogP contribution in [0.1, 0.15) is 25.3 Å². The minimum absolute atomic E-state index is 0.113. The van der Waals surface area contributed by atoms with Crippen molar-refractivity contribution < 1.29 is 9.50 Å². The smallest absolute Gasteiger partial charge is 0.151 e. The SMILES string of the molecule is CCCCc1cc(/N=N/C)c(O)c(-c2c(F)cccc2Cl)c1. The van der Waals surface area contributed by atoms with E-state index in [0.717, 1.165) is 24.8 Å². The van der Waals surface area contributed by atoms with Crippen LogP contribution in [0.5, 0.6) is 5.75 Å². The highest BCUT2D eigenvalue weighted by Crippen LogP contribution is 2.42. The highest BCUT2D eigenvalue weighted by Gasteiger charge is 2.17. The van der Waals surface area contributed by atoms with Crippen LogP contribution in [-0.4, -0.2) is 12.2 Å². The number of unbranched alkanes of at least 4 members (excludes halogenated alkanes) is 1. The summed E-state index contributed by atoms with van der Waals surface area (Å²) in [7, 11) is 1.52. The largest absolute Gasteiger partial charge is 0.505 e. The van der Waals surface area contributed by atoms with E-state index in [1.807, 2.05) is 0 Å². The first-order valence-corrected chi connectivity index (χ1v) is 7.56. The van der Waals surface area contributed by atoms with Crippen molar-refractivity contribution in [1.29, 1.82) is 0 Å². The van der Waals surface area contributed by atoms with E-state index in [2.05, 4.69) is 17.2 Å². The number of benzene rings is 2. The predicted molar refractivity (Wildman–Crippen MR) is 87.6 cm³/mol. The minimum Gasteiger partial charge on any atom is -0.505 e. The predicted octanol–water partition coefficient (Wildman–Crippen LogP) is 5.91. The molecule has 0 spiro atoms. The summed E-state index contributed by atoms with van der Waals surface area (Å²) in [5, 5.41) is 18.3. The average molecular weight is 321 g/mol. The van der Waals surface area contributed by atoms with Crippen LogP contribution >= 0.6 is 11.6 Å². The Bertz CT molecular complexity index is 681. The van der Waals surface area contributed by atoms with Gasteiger partial charge in [-0.1, -0.05) is 31.0 Å². The van der Waals surface area contributed by atoms with E-state index in [4.69, 9.17) is 11.6 Å². The number of halogens is 2. The van der Waals surface area contributed by atoms with E-state index >= 15 is 0 Å². The van der Waals surface area contributed by atoms with Gasteiger partial charge in [0.05, 0.1) is 5.02 Å². The first kappa shape index (κ1) is 16.4. The number of rotatable bonds is 5. The first-order chi connectivity index (χ1) is 10.6. The normalized spacial score (nSPS) is 11.3. The van der Waals surface area contributed by atoms with E-state index in [0.29, 0.717) is 11.3 Å². The molecule has 0 amide bonds. The number of aryl methyl sites for hydroxylation is 1. The van der Waals surface area contributed by atoms with Gasteiger partial charge in [0.2, 0.25) is 0 Å². The average Bonchev–Trinajstić information content (AvgIpc) is 2.49.